The van der Waals surface area contributed by atoms with Crippen LogP contribution in [0.5, 0.6) is 0 Å². The van der Waals surface area contributed by atoms with E-state index >= 15 is 0 Å². The van der Waals surface area contributed by atoms with Gasteiger partial charge in [0.1, 0.15) is 0 Å². The topological polar surface area (TPSA) is 24.5 Å². The summed E-state index contributed by atoms with van der Waals surface area (Å²) < 4.78 is 5.76. The molecule has 3 heteroatoms. The molecule has 0 radical (unpaired) electrons. The number of piperidine rings is 1. The molecule has 2 aliphatic rings. The molecule has 3 nitrogen and oxygen atoms in total. The highest BCUT2D eigenvalue weighted by atomic mass is 16.5. The van der Waals surface area contributed by atoms with Gasteiger partial charge in [0.05, 0.1) is 12.2 Å². The molecule has 0 aromatic heterocycles. The van der Waals surface area contributed by atoms with Crippen molar-refractivity contribution in [2.45, 2.75) is 45.3 Å². The Morgan fingerprint density at radius 1 is 1.12 bits per heavy atom. The second kappa shape index (κ2) is 5.99. The summed E-state index contributed by atoms with van der Waals surface area (Å²) in [6, 6.07) is 0. The summed E-state index contributed by atoms with van der Waals surface area (Å²) in [5, 5.41) is 3.43. The molecule has 2 rings (SSSR count). The molecule has 0 spiro atoms. The van der Waals surface area contributed by atoms with Gasteiger partial charge in [-0.05, 0) is 58.7 Å². The van der Waals surface area contributed by atoms with Crippen LogP contribution in [0.3, 0.4) is 0 Å². The quantitative estimate of drug-likeness (QED) is 0.789. The van der Waals surface area contributed by atoms with Gasteiger partial charge >= 0.3 is 0 Å². The van der Waals surface area contributed by atoms with E-state index in [1.807, 2.05) is 0 Å². The van der Waals surface area contributed by atoms with E-state index in [-0.39, 0.29) is 0 Å². The van der Waals surface area contributed by atoms with E-state index in [2.05, 4.69) is 24.1 Å². The first-order valence-electron chi connectivity index (χ1n) is 6.82. The second-order valence-electron chi connectivity index (χ2n) is 5.50. The Morgan fingerprint density at radius 2 is 1.75 bits per heavy atom. The van der Waals surface area contributed by atoms with Crippen molar-refractivity contribution in [1.82, 2.24) is 10.2 Å². The molecule has 1 N–H and O–H groups in total. The van der Waals surface area contributed by atoms with E-state index in [0.29, 0.717) is 12.2 Å². The zero-order chi connectivity index (χ0) is 11.4. The van der Waals surface area contributed by atoms with E-state index in [9.17, 15) is 0 Å². The van der Waals surface area contributed by atoms with Gasteiger partial charge in [-0.1, -0.05) is 0 Å². The normalized spacial score (nSPS) is 34.1. The largest absolute Gasteiger partial charge is 0.373 e. The molecule has 2 saturated heterocycles. The zero-order valence-corrected chi connectivity index (χ0v) is 10.7. The molecule has 16 heavy (non-hydrogen) atoms. The third-order valence-electron chi connectivity index (χ3n) is 3.81. The fourth-order valence-corrected chi connectivity index (χ4v) is 3.00. The van der Waals surface area contributed by atoms with Crippen molar-refractivity contribution in [3.63, 3.8) is 0 Å². The Hall–Kier alpha value is -0.120. The third-order valence-corrected chi connectivity index (χ3v) is 3.81. The van der Waals surface area contributed by atoms with Crippen molar-refractivity contribution in [1.29, 1.82) is 0 Å². The SMILES string of the molecule is C[C@@H]1CN(CCC2CCNCC2)C[C@H](C)O1. The van der Waals surface area contributed by atoms with Crippen LogP contribution in [-0.2, 0) is 4.74 Å². The van der Waals surface area contributed by atoms with Crippen LogP contribution >= 0.6 is 0 Å². The van der Waals surface area contributed by atoms with Crippen molar-refractivity contribution in [3.05, 3.63) is 0 Å². The minimum absolute atomic E-state index is 0.414. The van der Waals surface area contributed by atoms with Gasteiger partial charge in [0.15, 0.2) is 0 Å². The van der Waals surface area contributed by atoms with Crippen LogP contribution in [0.25, 0.3) is 0 Å². The molecule has 2 atom stereocenters. The number of nitrogens with zero attached hydrogens (tertiary/aromatic N) is 1. The van der Waals surface area contributed by atoms with E-state index in [1.165, 1.54) is 38.9 Å². The fourth-order valence-electron chi connectivity index (χ4n) is 3.00. The third kappa shape index (κ3) is 3.72. The van der Waals surface area contributed by atoms with Gasteiger partial charge in [-0.3, -0.25) is 4.90 Å². The van der Waals surface area contributed by atoms with Crippen molar-refractivity contribution >= 4 is 0 Å². The van der Waals surface area contributed by atoms with Gasteiger partial charge in [-0.15, -0.1) is 0 Å². The van der Waals surface area contributed by atoms with Crippen LogP contribution in [0.2, 0.25) is 0 Å². The Balaban J connectivity index is 1.68. The number of hydrogen-bond donors (Lipinski definition) is 1. The maximum Gasteiger partial charge on any atom is 0.0678 e. The lowest BCUT2D eigenvalue weighted by Crippen LogP contribution is -2.46. The summed E-state index contributed by atoms with van der Waals surface area (Å²) in [6.45, 7) is 10.3. The van der Waals surface area contributed by atoms with Gasteiger partial charge in [0.25, 0.3) is 0 Å². The number of ether oxygens (including phenoxy) is 1. The van der Waals surface area contributed by atoms with Gasteiger partial charge in [0, 0.05) is 13.1 Å². The van der Waals surface area contributed by atoms with Crippen LogP contribution < -0.4 is 5.32 Å². The van der Waals surface area contributed by atoms with Crippen molar-refractivity contribution in [2.75, 3.05) is 32.7 Å². The molecular weight excluding hydrogens is 200 g/mol. The maximum atomic E-state index is 5.76. The minimum Gasteiger partial charge on any atom is -0.373 e. The van der Waals surface area contributed by atoms with Gasteiger partial charge < -0.3 is 10.1 Å². The lowest BCUT2D eigenvalue weighted by atomic mass is 9.94. The van der Waals surface area contributed by atoms with Gasteiger partial charge in [-0.25, -0.2) is 0 Å². The summed E-state index contributed by atoms with van der Waals surface area (Å²) in [4.78, 5) is 2.58. The first-order valence-corrected chi connectivity index (χ1v) is 6.82. The average Bonchev–Trinajstić information content (AvgIpc) is 2.27. The molecule has 0 unspecified atom stereocenters. The van der Waals surface area contributed by atoms with E-state index < -0.39 is 0 Å². The number of nitrogens with one attached hydrogen (secondary N) is 1. The standard InChI is InChI=1S/C13H26N2O/c1-11-9-15(10-12(2)16-11)8-5-13-3-6-14-7-4-13/h11-14H,3-10H2,1-2H3/t11-,12+. The highest BCUT2D eigenvalue weighted by molar-refractivity contribution is 4.75. The molecule has 0 aromatic rings. The summed E-state index contributed by atoms with van der Waals surface area (Å²) in [5.41, 5.74) is 0. The Kier molecular flexibility index (Phi) is 4.62. The zero-order valence-electron chi connectivity index (χ0n) is 10.7. The van der Waals surface area contributed by atoms with Crippen molar-refractivity contribution in [3.8, 4) is 0 Å². The van der Waals surface area contributed by atoms with Crippen LogP contribution in [0.1, 0.15) is 33.1 Å². The lowest BCUT2D eigenvalue weighted by molar-refractivity contribution is -0.0691. The van der Waals surface area contributed by atoms with E-state index in [1.54, 1.807) is 0 Å². The minimum atomic E-state index is 0.414. The summed E-state index contributed by atoms with van der Waals surface area (Å²) in [7, 11) is 0. The average molecular weight is 226 g/mol. The van der Waals surface area contributed by atoms with Crippen LogP contribution in [0.15, 0.2) is 0 Å². The fraction of sp³-hybridized carbons (Fsp3) is 1.00. The number of morpholine rings is 1. The van der Waals surface area contributed by atoms with Crippen LogP contribution in [-0.4, -0.2) is 49.8 Å². The molecule has 2 heterocycles. The monoisotopic (exact) mass is 226 g/mol. The molecule has 0 bridgehead atoms. The summed E-state index contributed by atoms with van der Waals surface area (Å²) >= 11 is 0. The maximum absolute atomic E-state index is 5.76. The van der Waals surface area contributed by atoms with Crippen molar-refractivity contribution < 1.29 is 4.74 Å². The Labute approximate surface area is 99.5 Å². The molecule has 2 fully saturated rings. The molecule has 2 aliphatic heterocycles. The number of rotatable bonds is 3. The molecule has 94 valence electrons. The Morgan fingerprint density at radius 3 is 2.38 bits per heavy atom. The van der Waals surface area contributed by atoms with Gasteiger partial charge in [-0.2, -0.15) is 0 Å². The second-order valence-corrected chi connectivity index (χ2v) is 5.50. The highest BCUT2D eigenvalue weighted by Crippen LogP contribution is 2.18. The lowest BCUT2D eigenvalue weighted by Gasteiger charge is -2.36. The molecule has 0 saturated carbocycles. The molecule has 0 aliphatic carbocycles. The van der Waals surface area contributed by atoms with Crippen LogP contribution in [0.4, 0.5) is 0 Å². The number of hydrogen-bond acceptors (Lipinski definition) is 3. The molecule has 0 amide bonds. The van der Waals surface area contributed by atoms with Crippen LogP contribution in [0, 0.1) is 5.92 Å². The molecule has 0 aromatic carbocycles. The van der Waals surface area contributed by atoms with E-state index in [0.717, 1.165) is 19.0 Å². The Bertz CT molecular complexity index is 194. The van der Waals surface area contributed by atoms with E-state index in [4.69, 9.17) is 4.74 Å². The summed E-state index contributed by atoms with van der Waals surface area (Å²) in [5.74, 6) is 0.953. The van der Waals surface area contributed by atoms with Crippen molar-refractivity contribution in [2.24, 2.45) is 5.92 Å². The first-order chi connectivity index (χ1) is 7.74. The predicted molar refractivity (Wildman–Crippen MR) is 66.7 cm³/mol. The first kappa shape index (κ1) is 12.3. The smallest absolute Gasteiger partial charge is 0.0678 e. The predicted octanol–water partition coefficient (Wildman–Crippen LogP) is 1.49. The van der Waals surface area contributed by atoms with Gasteiger partial charge in [0.2, 0.25) is 0 Å². The molecular formula is C13H26N2O. The summed E-state index contributed by atoms with van der Waals surface area (Å²) in [6.07, 6.45) is 4.94. The highest BCUT2D eigenvalue weighted by Gasteiger charge is 2.22.